The molecule has 0 saturated carbocycles. The van der Waals surface area contributed by atoms with Gasteiger partial charge in [0, 0.05) is 31.8 Å². The van der Waals surface area contributed by atoms with Crippen LogP contribution < -0.4 is 10.2 Å². The quantitative estimate of drug-likeness (QED) is 0.890. The van der Waals surface area contributed by atoms with Crippen LogP contribution in [0.15, 0.2) is 28.8 Å². The van der Waals surface area contributed by atoms with Crippen molar-refractivity contribution in [2.45, 2.75) is 33.1 Å². The molecule has 1 amide bonds. The van der Waals surface area contributed by atoms with Crippen LogP contribution >= 0.6 is 0 Å². The van der Waals surface area contributed by atoms with E-state index >= 15 is 0 Å². The topological polar surface area (TPSA) is 58.4 Å². The third-order valence-electron chi connectivity index (χ3n) is 3.70. The van der Waals surface area contributed by atoms with Gasteiger partial charge < -0.3 is 9.42 Å². The first-order chi connectivity index (χ1) is 10.5. The van der Waals surface area contributed by atoms with Crippen molar-refractivity contribution in [1.82, 2.24) is 5.16 Å². The van der Waals surface area contributed by atoms with E-state index in [-0.39, 0.29) is 5.91 Å². The van der Waals surface area contributed by atoms with E-state index in [1.54, 1.807) is 0 Å². The second kappa shape index (κ2) is 7.11. The lowest BCUT2D eigenvalue weighted by molar-refractivity contribution is -0.116. The molecule has 0 saturated heterocycles. The van der Waals surface area contributed by atoms with Gasteiger partial charge in [0.15, 0.2) is 0 Å². The fraction of sp³-hybridized carbons (Fsp3) is 0.412. The van der Waals surface area contributed by atoms with Crippen LogP contribution in [0.4, 0.5) is 11.6 Å². The molecule has 1 heterocycles. The first kappa shape index (κ1) is 16.1. The molecule has 0 radical (unpaired) electrons. The number of hydrogen-bond donors (Lipinski definition) is 1. The highest BCUT2D eigenvalue weighted by molar-refractivity contribution is 5.90. The lowest BCUT2D eigenvalue weighted by atomic mass is 10.1. The molecule has 0 aliphatic carbocycles. The van der Waals surface area contributed by atoms with Crippen LogP contribution in [0.25, 0.3) is 0 Å². The number of anilines is 2. The maximum Gasteiger partial charge on any atom is 0.234 e. The molecular weight excluding hydrogens is 278 g/mol. The molecule has 5 nitrogen and oxygen atoms in total. The zero-order valence-corrected chi connectivity index (χ0v) is 13.6. The van der Waals surface area contributed by atoms with Crippen LogP contribution in [0.2, 0.25) is 0 Å². The second-order valence-electron chi connectivity index (χ2n) is 5.55. The van der Waals surface area contributed by atoms with Crippen molar-refractivity contribution in [3.05, 3.63) is 41.1 Å². The summed E-state index contributed by atoms with van der Waals surface area (Å²) in [5, 5.41) is 6.73. The molecule has 0 aliphatic heterocycles. The molecule has 0 unspecified atom stereocenters. The van der Waals surface area contributed by atoms with Gasteiger partial charge in [0.1, 0.15) is 0 Å². The Hall–Kier alpha value is -2.30. The van der Waals surface area contributed by atoms with Crippen molar-refractivity contribution >= 4 is 17.5 Å². The minimum atomic E-state index is -0.0569. The van der Waals surface area contributed by atoms with Crippen LogP contribution in [-0.4, -0.2) is 25.2 Å². The number of carbonyl (C=O) groups is 1. The van der Waals surface area contributed by atoms with Gasteiger partial charge >= 0.3 is 0 Å². The minimum absolute atomic E-state index is 0.0569. The van der Waals surface area contributed by atoms with Crippen molar-refractivity contribution in [1.29, 1.82) is 0 Å². The van der Waals surface area contributed by atoms with E-state index in [2.05, 4.69) is 39.6 Å². The maximum absolute atomic E-state index is 12.0. The molecular formula is C17H23N3O2. The molecule has 0 aliphatic rings. The number of benzene rings is 1. The number of carbonyl (C=O) groups excluding carboxylic acids is 1. The Labute approximate surface area is 131 Å². The summed E-state index contributed by atoms with van der Waals surface area (Å²) in [6.45, 7) is 3.92. The van der Waals surface area contributed by atoms with Crippen molar-refractivity contribution in [3.63, 3.8) is 0 Å². The monoisotopic (exact) mass is 301 g/mol. The largest absolute Gasteiger partial charge is 0.378 e. The molecule has 2 rings (SSSR count). The Morgan fingerprint density at radius 3 is 2.50 bits per heavy atom. The third-order valence-corrected chi connectivity index (χ3v) is 3.70. The highest BCUT2D eigenvalue weighted by Crippen LogP contribution is 2.19. The minimum Gasteiger partial charge on any atom is -0.378 e. The third kappa shape index (κ3) is 3.87. The molecule has 1 N–H and O–H groups in total. The molecule has 0 atom stereocenters. The van der Waals surface area contributed by atoms with Gasteiger partial charge in [-0.2, -0.15) is 0 Å². The van der Waals surface area contributed by atoms with Crippen LogP contribution in [0.3, 0.4) is 0 Å². The van der Waals surface area contributed by atoms with E-state index in [1.165, 1.54) is 0 Å². The van der Waals surface area contributed by atoms with Gasteiger partial charge in [-0.15, -0.1) is 0 Å². The summed E-state index contributed by atoms with van der Waals surface area (Å²) in [4.78, 5) is 14.1. The molecule has 118 valence electrons. The predicted octanol–water partition coefficient (Wildman–Crippen LogP) is 3.18. The fourth-order valence-corrected chi connectivity index (χ4v) is 2.22. The lowest BCUT2D eigenvalue weighted by Gasteiger charge is -2.12. The molecule has 5 heteroatoms. The predicted molar refractivity (Wildman–Crippen MR) is 88.3 cm³/mol. The normalized spacial score (nSPS) is 10.5. The van der Waals surface area contributed by atoms with Gasteiger partial charge in [0.25, 0.3) is 0 Å². The summed E-state index contributed by atoms with van der Waals surface area (Å²) < 4.78 is 5.16. The Morgan fingerprint density at radius 2 is 1.95 bits per heavy atom. The summed E-state index contributed by atoms with van der Waals surface area (Å²) in [6.07, 6.45) is 1.92. The van der Waals surface area contributed by atoms with Crippen LogP contribution in [0, 0.1) is 6.92 Å². The Balaban J connectivity index is 1.88. The average molecular weight is 301 g/mol. The molecule has 0 spiro atoms. The molecule has 1 aromatic carbocycles. The fourth-order valence-electron chi connectivity index (χ4n) is 2.22. The van der Waals surface area contributed by atoms with Crippen LogP contribution in [0.1, 0.15) is 30.2 Å². The standard InChI is InChI=1S/C17H23N3O2/c1-5-15-12(2)17(22-19-15)18-16(21)11-8-13-6-9-14(10-7-13)20(3)4/h6-7,9-10H,5,8,11H2,1-4H3,(H,18,21). The maximum atomic E-state index is 12.0. The molecule has 2 aromatic rings. The highest BCUT2D eigenvalue weighted by atomic mass is 16.5. The Morgan fingerprint density at radius 1 is 1.27 bits per heavy atom. The molecule has 1 aromatic heterocycles. The molecule has 22 heavy (non-hydrogen) atoms. The van der Waals surface area contributed by atoms with Crippen LogP contribution in [0.5, 0.6) is 0 Å². The van der Waals surface area contributed by atoms with Gasteiger partial charge in [0.2, 0.25) is 11.8 Å². The average Bonchev–Trinajstić information content (AvgIpc) is 2.86. The highest BCUT2D eigenvalue weighted by Gasteiger charge is 2.13. The number of amides is 1. The van der Waals surface area contributed by atoms with Gasteiger partial charge in [-0.3, -0.25) is 10.1 Å². The van der Waals surface area contributed by atoms with E-state index in [0.717, 1.165) is 28.9 Å². The number of aromatic nitrogens is 1. The number of hydrogen-bond acceptors (Lipinski definition) is 4. The first-order valence-corrected chi connectivity index (χ1v) is 7.52. The van der Waals surface area contributed by atoms with Crippen molar-refractivity contribution in [2.75, 3.05) is 24.3 Å². The van der Waals surface area contributed by atoms with E-state index in [9.17, 15) is 4.79 Å². The number of aryl methyl sites for hydroxylation is 2. The smallest absolute Gasteiger partial charge is 0.234 e. The van der Waals surface area contributed by atoms with E-state index in [4.69, 9.17) is 4.52 Å². The summed E-state index contributed by atoms with van der Waals surface area (Å²) in [5.41, 5.74) is 4.09. The van der Waals surface area contributed by atoms with Gasteiger partial charge in [-0.25, -0.2) is 0 Å². The molecule has 0 bridgehead atoms. The van der Waals surface area contributed by atoms with Crippen molar-refractivity contribution < 1.29 is 9.32 Å². The van der Waals surface area contributed by atoms with E-state index in [1.807, 2.05) is 27.9 Å². The zero-order chi connectivity index (χ0) is 16.1. The van der Waals surface area contributed by atoms with Crippen LogP contribution in [-0.2, 0) is 17.6 Å². The summed E-state index contributed by atoms with van der Waals surface area (Å²) in [5.74, 6) is 0.406. The van der Waals surface area contributed by atoms with E-state index in [0.29, 0.717) is 18.7 Å². The SMILES string of the molecule is CCc1noc(NC(=O)CCc2ccc(N(C)C)cc2)c1C. The van der Waals surface area contributed by atoms with Gasteiger partial charge in [-0.1, -0.05) is 24.2 Å². The van der Waals surface area contributed by atoms with Crippen molar-refractivity contribution in [2.24, 2.45) is 0 Å². The first-order valence-electron chi connectivity index (χ1n) is 7.52. The lowest BCUT2D eigenvalue weighted by Crippen LogP contribution is -2.12. The second-order valence-corrected chi connectivity index (χ2v) is 5.55. The van der Waals surface area contributed by atoms with E-state index < -0.39 is 0 Å². The van der Waals surface area contributed by atoms with Gasteiger partial charge in [-0.05, 0) is 37.5 Å². The Kier molecular flexibility index (Phi) is 5.20. The van der Waals surface area contributed by atoms with Crippen molar-refractivity contribution in [3.8, 4) is 0 Å². The molecule has 0 fully saturated rings. The zero-order valence-electron chi connectivity index (χ0n) is 13.6. The summed E-state index contributed by atoms with van der Waals surface area (Å²) in [7, 11) is 4.01. The summed E-state index contributed by atoms with van der Waals surface area (Å²) in [6, 6.07) is 8.22. The number of rotatable bonds is 6. The number of nitrogens with zero attached hydrogens (tertiary/aromatic N) is 2. The van der Waals surface area contributed by atoms with Gasteiger partial charge in [0.05, 0.1) is 5.69 Å². The Bertz CT molecular complexity index is 630. The summed E-state index contributed by atoms with van der Waals surface area (Å²) >= 11 is 0. The number of nitrogens with one attached hydrogen (secondary N) is 1.